The molecule has 0 fully saturated rings. The third-order valence-corrected chi connectivity index (χ3v) is 1.99. The van der Waals surface area contributed by atoms with Crippen LogP contribution in [0, 0.1) is 0 Å². The van der Waals surface area contributed by atoms with Crippen LogP contribution in [0.2, 0.25) is 10.0 Å². The predicted octanol–water partition coefficient (Wildman–Crippen LogP) is 1.69. The van der Waals surface area contributed by atoms with Gasteiger partial charge in [0, 0.05) is 16.6 Å². The first-order valence-corrected chi connectivity index (χ1v) is 4.84. The average Bonchev–Trinajstić information content (AvgIpc) is 2.12. The van der Waals surface area contributed by atoms with Crippen LogP contribution < -0.4 is 10.5 Å². The highest BCUT2D eigenvalue weighted by Gasteiger charge is 2.03. The molecular weight excluding hydrogens is 225 g/mol. The molecule has 1 aromatic carbocycles. The Balaban J connectivity index is 2.58. The minimum atomic E-state index is -0.673. The Hall–Kier alpha value is -0.480. The zero-order chi connectivity index (χ0) is 10.6. The van der Waals surface area contributed by atoms with Gasteiger partial charge in [0.15, 0.2) is 0 Å². The van der Waals surface area contributed by atoms with Crippen LogP contribution in [0.15, 0.2) is 18.2 Å². The average molecular weight is 236 g/mol. The summed E-state index contributed by atoms with van der Waals surface area (Å²) >= 11 is 11.5. The van der Waals surface area contributed by atoms with E-state index in [4.69, 9.17) is 38.8 Å². The number of ether oxygens (including phenoxy) is 1. The molecule has 0 heterocycles. The number of aliphatic hydroxyl groups is 1. The van der Waals surface area contributed by atoms with Crippen molar-refractivity contribution in [1.82, 2.24) is 0 Å². The maximum atomic E-state index is 9.14. The first kappa shape index (κ1) is 11.6. The Morgan fingerprint density at radius 3 is 2.36 bits per heavy atom. The largest absolute Gasteiger partial charge is 0.491 e. The summed E-state index contributed by atoms with van der Waals surface area (Å²) < 4.78 is 5.22. The van der Waals surface area contributed by atoms with E-state index in [2.05, 4.69) is 0 Å². The van der Waals surface area contributed by atoms with Crippen molar-refractivity contribution < 1.29 is 9.84 Å². The molecule has 0 aliphatic carbocycles. The molecule has 1 aromatic rings. The lowest BCUT2D eigenvalue weighted by molar-refractivity contribution is 0.114. The minimum absolute atomic E-state index is 0.132. The van der Waals surface area contributed by atoms with Gasteiger partial charge in [-0.05, 0) is 18.2 Å². The van der Waals surface area contributed by atoms with Crippen LogP contribution in [0.3, 0.4) is 0 Å². The van der Waals surface area contributed by atoms with Gasteiger partial charge in [0.1, 0.15) is 18.5 Å². The molecule has 5 heteroatoms. The number of aliphatic hydroxyl groups excluding tert-OH is 1. The van der Waals surface area contributed by atoms with Crippen LogP contribution in [0.4, 0.5) is 0 Å². The van der Waals surface area contributed by atoms with E-state index in [0.29, 0.717) is 15.8 Å². The Bertz CT molecular complexity index is 287. The van der Waals surface area contributed by atoms with Crippen molar-refractivity contribution in [2.24, 2.45) is 5.73 Å². The normalized spacial score (nSPS) is 12.6. The van der Waals surface area contributed by atoms with Gasteiger partial charge in [-0.15, -0.1) is 0 Å². The summed E-state index contributed by atoms with van der Waals surface area (Å²) in [5, 5.41) is 10.1. The maximum absolute atomic E-state index is 9.14. The summed E-state index contributed by atoms with van der Waals surface area (Å²) in [6.45, 7) is 0.293. The fraction of sp³-hybridized carbons (Fsp3) is 0.333. The van der Waals surface area contributed by atoms with Crippen LogP contribution in [-0.2, 0) is 0 Å². The molecule has 78 valence electrons. The van der Waals surface area contributed by atoms with Crippen molar-refractivity contribution in [2.45, 2.75) is 6.10 Å². The standard InChI is InChI=1S/C9H11Cl2NO2/c10-6-1-7(11)3-9(2-6)14-5-8(13)4-12/h1-3,8,13H,4-5,12H2. The molecule has 14 heavy (non-hydrogen) atoms. The van der Waals surface area contributed by atoms with E-state index in [1.807, 2.05) is 0 Å². The molecule has 0 saturated carbocycles. The highest BCUT2D eigenvalue weighted by molar-refractivity contribution is 6.34. The number of rotatable bonds is 4. The summed E-state index contributed by atoms with van der Waals surface area (Å²) in [5.41, 5.74) is 5.21. The third-order valence-electron chi connectivity index (χ3n) is 1.55. The topological polar surface area (TPSA) is 55.5 Å². The van der Waals surface area contributed by atoms with Gasteiger partial charge in [-0.3, -0.25) is 0 Å². The fourth-order valence-electron chi connectivity index (χ4n) is 0.872. The summed E-state index contributed by atoms with van der Waals surface area (Å²) in [7, 11) is 0. The summed E-state index contributed by atoms with van der Waals surface area (Å²) in [6, 6.07) is 4.85. The van der Waals surface area contributed by atoms with Gasteiger partial charge in [0.2, 0.25) is 0 Å². The quantitative estimate of drug-likeness (QED) is 0.836. The van der Waals surface area contributed by atoms with Crippen LogP contribution >= 0.6 is 23.2 Å². The van der Waals surface area contributed by atoms with E-state index < -0.39 is 6.10 Å². The van der Waals surface area contributed by atoms with E-state index in [-0.39, 0.29) is 13.2 Å². The SMILES string of the molecule is NCC(O)COc1cc(Cl)cc(Cl)c1. The van der Waals surface area contributed by atoms with Gasteiger partial charge in [-0.2, -0.15) is 0 Å². The zero-order valence-corrected chi connectivity index (χ0v) is 8.92. The Kier molecular flexibility index (Phi) is 4.48. The van der Waals surface area contributed by atoms with Crippen molar-refractivity contribution in [1.29, 1.82) is 0 Å². The molecule has 0 radical (unpaired) electrons. The molecule has 3 nitrogen and oxygen atoms in total. The Morgan fingerprint density at radius 2 is 1.86 bits per heavy atom. The van der Waals surface area contributed by atoms with Gasteiger partial charge in [0.05, 0.1) is 0 Å². The molecule has 0 aliphatic rings. The molecule has 3 N–H and O–H groups in total. The van der Waals surface area contributed by atoms with Crippen LogP contribution in [-0.4, -0.2) is 24.4 Å². The highest BCUT2D eigenvalue weighted by Crippen LogP contribution is 2.24. The zero-order valence-electron chi connectivity index (χ0n) is 7.41. The third kappa shape index (κ3) is 3.72. The van der Waals surface area contributed by atoms with E-state index in [9.17, 15) is 0 Å². The molecule has 0 bridgehead atoms. The predicted molar refractivity (Wildman–Crippen MR) is 57.0 cm³/mol. The lowest BCUT2D eigenvalue weighted by atomic mass is 10.3. The second kappa shape index (κ2) is 5.41. The first-order chi connectivity index (χ1) is 6.61. The number of benzene rings is 1. The van der Waals surface area contributed by atoms with Crippen LogP contribution in [0.5, 0.6) is 5.75 Å². The summed E-state index contributed by atoms with van der Waals surface area (Å²) in [5.74, 6) is 0.523. The highest BCUT2D eigenvalue weighted by atomic mass is 35.5. The fourth-order valence-corrected chi connectivity index (χ4v) is 1.38. The van der Waals surface area contributed by atoms with E-state index in [1.54, 1.807) is 18.2 Å². The van der Waals surface area contributed by atoms with Gasteiger partial charge in [-0.25, -0.2) is 0 Å². The van der Waals surface area contributed by atoms with E-state index in [0.717, 1.165) is 0 Å². The van der Waals surface area contributed by atoms with Gasteiger partial charge < -0.3 is 15.6 Å². The van der Waals surface area contributed by atoms with Crippen molar-refractivity contribution in [3.05, 3.63) is 28.2 Å². The van der Waals surface area contributed by atoms with Crippen molar-refractivity contribution in [2.75, 3.05) is 13.2 Å². The monoisotopic (exact) mass is 235 g/mol. The smallest absolute Gasteiger partial charge is 0.122 e. The van der Waals surface area contributed by atoms with Crippen LogP contribution in [0.25, 0.3) is 0 Å². The number of halogens is 2. The molecule has 0 aliphatic heterocycles. The van der Waals surface area contributed by atoms with E-state index >= 15 is 0 Å². The van der Waals surface area contributed by atoms with Gasteiger partial charge in [0.25, 0.3) is 0 Å². The maximum Gasteiger partial charge on any atom is 0.122 e. The van der Waals surface area contributed by atoms with Crippen molar-refractivity contribution in [3.8, 4) is 5.75 Å². The Morgan fingerprint density at radius 1 is 1.29 bits per heavy atom. The molecular formula is C9H11Cl2NO2. The molecule has 1 unspecified atom stereocenters. The van der Waals surface area contributed by atoms with Gasteiger partial charge in [-0.1, -0.05) is 23.2 Å². The van der Waals surface area contributed by atoms with Crippen molar-refractivity contribution in [3.63, 3.8) is 0 Å². The number of nitrogens with two attached hydrogens (primary N) is 1. The second-order valence-corrected chi connectivity index (χ2v) is 3.68. The lowest BCUT2D eigenvalue weighted by Gasteiger charge is -2.10. The summed E-state index contributed by atoms with van der Waals surface area (Å²) in [6.07, 6.45) is -0.673. The molecule has 1 rings (SSSR count). The number of hydrogen-bond acceptors (Lipinski definition) is 3. The molecule has 1 atom stereocenters. The minimum Gasteiger partial charge on any atom is -0.491 e. The molecule has 0 aromatic heterocycles. The second-order valence-electron chi connectivity index (χ2n) is 2.81. The van der Waals surface area contributed by atoms with Gasteiger partial charge >= 0.3 is 0 Å². The molecule has 0 saturated heterocycles. The van der Waals surface area contributed by atoms with E-state index in [1.165, 1.54) is 0 Å². The molecule has 0 amide bonds. The molecule has 0 spiro atoms. The lowest BCUT2D eigenvalue weighted by Crippen LogP contribution is -2.26. The van der Waals surface area contributed by atoms with Crippen LogP contribution in [0.1, 0.15) is 0 Å². The first-order valence-electron chi connectivity index (χ1n) is 4.09. The van der Waals surface area contributed by atoms with Crippen molar-refractivity contribution >= 4 is 23.2 Å². The Labute approximate surface area is 92.4 Å². The number of hydrogen-bond donors (Lipinski definition) is 2. The summed E-state index contributed by atoms with van der Waals surface area (Å²) in [4.78, 5) is 0.